The average Bonchev–Trinajstić information content (AvgIpc) is 2.03. The van der Waals surface area contributed by atoms with E-state index >= 15 is 0 Å². The van der Waals surface area contributed by atoms with Crippen molar-refractivity contribution in [3.8, 4) is 5.75 Å². The number of ether oxygens (including phenoxy) is 1. The highest BCUT2D eigenvalue weighted by Crippen LogP contribution is 2.29. The standard InChI is InChI=1S/C8H5Cl2IO2/c1-13-7-2-4(8(10)12)6(11)3-5(7)9/h2-3H,1H3. The fourth-order valence-electron chi connectivity index (χ4n) is 0.836. The van der Waals surface area contributed by atoms with E-state index in [1.165, 1.54) is 13.2 Å². The molecule has 0 aliphatic carbocycles. The molecule has 0 aliphatic heterocycles. The number of benzene rings is 1. The second-order valence-corrected chi connectivity index (χ2v) is 4.15. The Morgan fingerprint density at radius 1 is 1.54 bits per heavy atom. The minimum absolute atomic E-state index is 0.406. The highest BCUT2D eigenvalue weighted by atomic mass is 127. The third kappa shape index (κ3) is 2.48. The Morgan fingerprint density at radius 3 is 2.62 bits per heavy atom. The third-order valence-corrected chi connectivity index (χ3v) is 2.84. The summed E-state index contributed by atoms with van der Waals surface area (Å²) in [6.07, 6.45) is 0. The summed E-state index contributed by atoms with van der Waals surface area (Å²) >= 11 is 13.2. The van der Waals surface area contributed by atoms with E-state index in [0.717, 1.165) is 0 Å². The van der Waals surface area contributed by atoms with E-state index in [0.29, 0.717) is 19.9 Å². The molecule has 70 valence electrons. The topological polar surface area (TPSA) is 26.3 Å². The van der Waals surface area contributed by atoms with E-state index in [1.807, 2.05) is 22.6 Å². The third-order valence-electron chi connectivity index (χ3n) is 1.45. The molecule has 0 saturated heterocycles. The van der Waals surface area contributed by atoms with E-state index in [4.69, 9.17) is 27.9 Å². The lowest BCUT2D eigenvalue weighted by atomic mass is 10.2. The van der Waals surface area contributed by atoms with Gasteiger partial charge in [-0.1, -0.05) is 11.6 Å². The summed E-state index contributed by atoms with van der Waals surface area (Å²) in [6, 6.07) is 3.16. The minimum Gasteiger partial charge on any atom is -0.495 e. The van der Waals surface area contributed by atoms with Crippen LogP contribution in [0.2, 0.25) is 5.02 Å². The molecule has 0 N–H and O–H groups in total. The van der Waals surface area contributed by atoms with Crippen LogP contribution in [-0.4, -0.2) is 12.4 Å². The SMILES string of the molecule is COc1cc(C(=O)Cl)c(I)cc1Cl. The molecule has 0 unspecified atom stereocenters. The van der Waals surface area contributed by atoms with Gasteiger partial charge in [-0.3, -0.25) is 4.79 Å². The van der Waals surface area contributed by atoms with Crippen LogP contribution in [0, 0.1) is 3.57 Å². The number of halogens is 3. The van der Waals surface area contributed by atoms with Crippen LogP contribution in [0.3, 0.4) is 0 Å². The largest absolute Gasteiger partial charge is 0.495 e. The minimum atomic E-state index is -0.514. The lowest BCUT2D eigenvalue weighted by Gasteiger charge is -2.05. The molecule has 0 amide bonds. The van der Waals surface area contributed by atoms with E-state index in [-0.39, 0.29) is 0 Å². The predicted octanol–water partition coefficient (Wildman–Crippen LogP) is 3.33. The number of rotatable bonds is 2. The van der Waals surface area contributed by atoms with Crippen LogP contribution in [0.15, 0.2) is 12.1 Å². The van der Waals surface area contributed by atoms with Crippen molar-refractivity contribution in [2.75, 3.05) is 7.11 Å². The van der Waals surface area contributed by atoms with Crippen LogP contribution >= 0.6 is 45.8 Å². The Kier molecular flexibility index (Phi) is 3.82. The number of hydrogen-bond donors (Lipinski definition) is 0. The number of methoxy groups -OCH3 is 1. The van der Waals surface area contributed by atoms with E-state index in [2.05, 4.69) is 0 Å². The molecule has 13 heavy (non-hydrogen) atoms. The molecule has 0 aromatic heterocycles. The summed E-state index contributed by atoms with van der Waals surface area (Å²) in [5.41, 5.74) is 0.406. The molecule has 5 heteroatoms. The number of carbonyl (C=O) groups is 1. The van der Waals surface area contributed by atoms with Crippen molar-refractivity contribution in [3.63, 3.8) is 0 Å². The van der Waals surface area contributed by atoms with Gasteiger partial charge in [0.05, 0.1) is 17.7 Å². The highest BCUT2D eigenvalue weighted by molar-refractivity contribution is 14.1. The number of hydrogen-bond acceptors (Lipinski definition) is 2. The first kappa shape index (κ1) is 11.1. The molecule has 0 saturated carbocycles. The van der Waals surface area contributed by atoms with Crippen molar-refractivity contribution in [2.24, 2.45) is 0 Å². The van der Waals surface area contributed by atoms with Crippen molar-refractivity contribution < 1.29 is 9.53 Å². The zero-order chi connectivity index (χ0) is 10.0. The zero-order valence-corrected chi connectivity index (χ0v) is 10.3. The molecular weight excluding hydrogens is 326 g/mol. The van der Waals surface area contributed by atoms with Gasteiger partial charge in [-0.05, 0) is 46.3 Å². The molecule has 0 bridgehead atoms. The summed E-state index contributed by atoms with van der Waals surface area (Å²) in [5, 5.41) is -0.0482. The number of carbonyl (C=O) groups excluding carboxylic acids is 1. The maximum Gasteiger partial charge on any atom is 0.253 e. The molecule has 0 spiro atoms. The average molecular weight is 331 g/mol. The van der Waals surface area contributed by atoms with Crippen molar-refractivity contribution in [3.05, 3.63) is 26.3 Å². The quantitative estimate of drug-likeness (QED) is 0.614. The van der Waals surface area contributed by atoms with E-state index in [1.54, 1.807) is 6.07 Å². The first-order chi connectivity index (χ1) is 6.06. The lowest BCUT2D eigenvalue weighted by molar-refractivity contribution is 0.108. The highest BCUT2D eigenvalue weighted by Gasteiger charge is 2.11. The Bertz CT molecular complexity index is 352. The molecule has 1 aromatic carbocycles. The lowest BCUT2D eigenvalue weighted by Crippen LogP contribution is -1.95. The normalized spacial score (nSPS) is 9.85. The summed E-state index contributed by atoms with van der Waals surface area (Å²) in [6.45, 7) is 0. The van der Waals surface area contributed by atoms with Crippen LogP contribution in [0.4, 0.5) is 0 Å². The molecule has 1 aromatic rings. The maximum absolute atomic E-state index is 10.9. The van der Waals surface area contributed by atoms with Crippen LogP contribution in [0.5, 0.6) is 5.75 Å². The van der Waals surface area contributed by atoms with Gasteiger partial charge in [0.25, 0.3) is 5.24 Å². The smallest absolute Gasteiger partial charge is 0.253 e. The van der Waals surface area contributed by atoms with Crippen molar-refractivity contribution in [2.45, 2.75) is 0 Å². The van der Waals surface area contributed by atoms with Crippen molar-refractivity contribution in [1.82, 2.24) is 0 Å². The van der Waals surface area contributed by atoms with E-state index < -0.39 is 5.24 Å². The Labute approximate surface area is 99.3 Å². The van der Waals surface area contributed by atoms with Gasteiger partial charge >= 0.3 is 0 Å². The Morgan fingerprint density at radius 2 is 2.15 bits per heavy atom. The predicted molar refractivity (Wildman–Crippen MR) is 60.9 cm³/mol. The summed E-state index contributed by atoms with van der Waals surface area (Å²) < 4.78 is 5.66. The fourth-order valence-corrected chi connectivity index (χ4v) is 2.29. The van der Waals surface area contributed by atoms with Crippen LogP contribution in [-0.2, 0) is 0 Å². The zero-order valence-electron chi connectivity index (χ0n) is 6.61. The molecular formula is C8H5Cl2IO2. The second-order valence-electron chi connectivity index (χ2n) is 2.24. The van der Waals surface area contributed by atoms with E-state index in [9.17, 15) is 4.79 Å². The Balaban J connectivity index is 3.30. The first-order valence-corrected chi connectivity index (χ1v) is 5.12. The fraction of sp³-hybridized carbons (Fsp3) is 0.125. The van der Waals surface area contributed by atoms with Gasteiger partial charge in [0, 0.05) is 3.57 Å². The van der Waals surface area contributed by atoms with Crippen molar-refractivity contribution >= 4 is 51.0 Å². The van der Waals surface area contributed by atoms with Gasteiger partial charge in [-0.25, -0.2) is 0 Å². The van der Waals surface area contributed by atoms with Crippen LogP contribution in [0.25, 0.3) is 0 Å². The summed E-state index contributed by atoms with van der Waals surface area (Å²) in [7, 11) is 1.48. The van der Waals surface area contributed by atoms with Gasteiger partial charge in [0.2, 0.25) is 0 Å². The van der Waals surface area contributed by atoms with Gasteiger partial charge in [0.15, 0.2) is 0 Å². The van der Waals surface area contributed by atoms with Crippen LogP contribution in [0.1, 0.15) is 10.4 Å². The molecule has 2 nitrogen and oxygen atoms in total. The Hall–Kier alpha value is -0.000000000000000167. The summed E-state index contributed by atoms with van der Waals surface area (Å²) in [4.78, 5) is 10.9. The molecule has 1 rings (SSSR count). The van der Waals surface area contributed by atoms with Gasteiger partial charge in [0.1, 0.15) is 5.75 Å². The van der Waals surface area contributed by atoms with Gasteiger partial charge in [-0.15, -0.1) is 0 Å². The molecule has 0 heterocycles. The van der Waals surface area contributed by atoms with Crippen molar-refractivity contribution in [1.29, 1.82) is 0 Å². The second kappa shape index (κ2) is 4.48. The molecule has 0 fully saturated rings. The molecule has 0 radical (unpaired) electrons. The molecule has 0 aliphatic rings. The van der Waals surface area contributed by atoms with Crippen LogP contribution < -0.4 is 4.74 Å². The van der Waals surface area contributed by atoms with Gasteiger partial charge in [-0.2, -0.15) is 0 Å². The first-order valence-electron chi connectivity index (χ1n) is 3.29. The maximum atomic E-state index is 10.9. The molecule has 0 atom stereocenters. The van der Waals surface area contributed by atoms with Gasteiger partial charge < -0.3 is 4.74 Å². The monoisotopic (exact) mass is 330 g/mol. The summed E-state index contributed by atoms with van der Waals surface area (Å²) in [5.74, 6) is 0.450.